The zero-order chi connectivity index (χ0) is 14.8. The van der Waals surface area contributed by atoms with E-state index in [4.69, 9.17) is 33.0 Å². The molecule has 106 valence electrons. The summed E-state index contributed by atoms with van der Waals surface area (Å²) >= 11 is 12.3. The Morgan fingerprint density at radius 3 is 2.48 bits per heavy atom. The first-order valence-corrected chi connectivity index (χ1v) is 7.05. The minimum atomic E-state index is -0.114. The maximum Gasteiger partial charge on any atom is 0.238 e. The van der Waals surface area contributed by atoms with Crippen LogP contribution in [0.25, 0.3) is 10.8 Å². The van der Waals surface area contributed by atoms with Crippen molar-refractivity contribution in [1.29, 1.82) is 0 Å². The smallest absolute Gasteiger partial charge is 0.238 e. The molecule has 0 radical (unpaired) electrons. The molecule has 1 aromatic heterocycles. The Kier molecular flexibility index (Phi) is 3.97. The molecule has 0 aliphatic heterocycles. The molecule has 21 heavy (non-hydrogen) atoms. The normalized spacial score (nSPS) is 10.8. The number of aromatic nitrogens is 1. The molecule has 0 atom stereocenters. The summed E-state index contributed by atoms with van der Waals surface area (Å²) in [5.41, 5.74) is 0.633. The van der Waals surface area contributed by atoms with E-state index in [2.05, 4.69) is 4.98 Å². The Balaban J connectivity index is 2.04. The van der Waals surface area contributed by atoms with Crippen LogP contribution in [0.2, 0.25) is 10.0 Å². The summed E-state index contributed by atoms with van der Waals surface area (Å²) in [5, 5.41) is 11.9. The van der Waals surface area contributed by atoms with Crippen LogP contribution in [0.5, 0.6) is 11.6 Å². The van der Waals surface area contributed by atoms with Gasteiger partial charge in [-0.25, -0.2) is 4.98 Å². The van der Waals surface area contributed by atoms with Crippen molar-refractivity contribution in [1.82, 2.24) is 4.98 Å². The first kappa shape index (κ1) is 14.1. The third-order valence-corrected chi connectivity index (χ3v) is 3.68. The molecule has 3 rings (SSSR count). The molecule has 0 spiro atoms. The molecule has 1 N–H and O–H groups in total. The summed E-state index contributed by atoms with van der Waals surface area (Å²) in [6.45, 7) is -0.114. The quantitative estimate of drug-likeness (QED) is 0.752. The number of halogens is 2. The van der Waals surface area contributed by atoms with Crippen molar-refractivity contribution in [3.8, 4) is 11.6 Å². The van der Waals surface area contributed by atoms with Crippen LogP contribution in [-0.2, 0) is 6.61 Å². The number of fused-ring (bicyclic) bond motifs is 1. The first-order valence-electron chi connectivity index (χ1n) is 6.29. The van der Waals surface area contributed by atoms with E-state index in [0.717, 1.165) is 10.8 Å². The molecule has 3 nitrogen and oxygen atoms in total. The van der Waals surface area contributed by atoms with Crippen molar-refractivity contribution in [2.24, 2.45) is 0 Å². The van der Waals surface area contributed by atoms with E-state index in [1.54, 1.807) is 18.2 Å². The average molecular weight is 320 g/mol. The highest BCUT2D eigenvalue weighted by Crippen LogP contribution is 2.35. The summed E-state index contributed by atoms with van der Waals surface area (Å²) in [6, 6.07) is 12.9. The lowest BCUT2D eigenvalue weighted by Crippen LogP contribution is -1.93. The molecule has 0 saturated heterocycles. The number of pyridine rings is 1. The van der Waals surface area contributed by atoms with Crippen molar-refractivity contribution in [3.63, 3.8) is 0 Å². The second-order valence-corrected chi connectivity index (χ2v) is 5.30. The molecule has 5 heteroatoms. The molecule has 0 aliphatic carbocycles. The number of aliphatic hydroxyl groups is 1. The molecule has 0 saturated carbocycles. The summed E-state index contributed by atoms with van der Waals surface area (Å²) in [4.78, 5) is 4.13. The van der Waals surface area contributed by atoms with E-state index < -0.39 is 0 Å². The largest absolute Gasteiger partial charge is 0.437 e. The van der Waals surface area contributed by atoms with Gasteiger partial charge in [0, 0.05) is 22.0 Å². The molecular formula is C16H11Cl2NO2. The van der Waals surface area contributed by atoms with E-state index in [0.29, 0.717) is 27.2 Å². The van der Waals surface area contributed by atoms with Crippen molar-refractivity contribution in [2.75, 3.05) is 0 Å². The summed E-state index contributed by atoms with van der Waals surface area (Å²) in [7, 11) is 0. The maximum atomic E-state index is 9.06. The van der Waals surface area contributed by atoms with Gasteiger partial charge in [0.1, 0.15) is 10.8 Å². The number of rotatable bonds is 3. The lowest BCUT2D eigenvalue weighted by molar-refractivity contribution is 0.281. The van der Waals surface area contributed by atoms with Crippen LogP contribution >= 0.6 is 23.2 Å². The number of aliphatic hydroxyl groups excluding tert-OH is 1. The van der Waals surface area contributed by atoms with Crippen molar-refractivity contribution in [3.05, 3.63) is 64.3 Å². The van der Waals surface area contributed by atoms with Gasteiger partial charge in [0.05, 0.1) is 6.61 Å². The Hall–Kier alpha value is -1.81. The predicted octanol–water partition coefficient (Wildman–Crippen LogP) is 4.83. The zero-order valence-electron chi connectivity index (χ0n) is 10.9. The number of hydrogen-bond donors (Lipinski definition) is 1. The summed E-state index contributed by atoms with van der Waals surface area (Å²) < 4.78 is 5.79. The Bertz CT molecular complexity index is 805. The SMILES string of the molecule is OCc1cnc(Oc2ccc(Cl)c3ccccc23)c(Cl)c1. The fourth-order valence-electron chi connectivity index (χ4n) is 2.05. The molecule has 2 aromatic carbocycles. The molecule has 0 bridgehead atoms. The third-order valence-electron chi connectivity index (χ3n) is 3.08. The summed E-state index contributed by atoms with van der Waals surface area (Å²) in [6.07, 6.45) is 1.53. The molecular weight excluding hydrogens is 309 g/mol. The van der Waals surface area contributed by atoms with Gasteiger partial charge in [-0.15, -0.1) is 0 Å². The van der Waals surface area contributed by atoms with Crippen LogP contribution in [-0.4, -0.2) is 10.1 Å². The summed E-state index contributed by atoms with van der Waals surface area (Å²) in [5.74, 6) is 0.919. The average Bonchev–Trinajstić information content (AvgIpc) is 2.52. The maximum absolute atomic E-state index is 9.06. The second-order valence-electron chi connectivity index (χ2n) is 4.48. The van der Waals surface area contributed by atoms with Crippen LogP contribution in [0.4, 0.5) is 0 Å². The van der Waals surface area contributed by atoms with E-state index in [9.17, 15) is 0 Å². The molecule has 0 amide bonds. The van der Waals surface area contributed by atoms with E-state index in [1.165, 1.54) is 6.20 Å². The van der Waals surface area contributed by atoms with Gasteiger partial charge in [-0.2, -0.15) is 0 Å². The van der Waals surface area contributed by atoms with Crippen molar-refractivity contribution in [2.45, 2.75) is 6.61 Å². The van der Waals surface area contributed by atoms with Gasteiger partial charge in [-0.05, 0) is 23.8 Å². The van der Waals surface area contributed by atoms with Crippen LogP contribution in [0.3, 0.4) is 0 Å². The molecule has 3 aromatic rings. The third kappa shape index (κ3) is 2.81. The predicted molar refractivity (Wildman–Crippen MR) is 84.2 cm³/mol. The highest BCUT2D eigenvalue weighted by Gasteiger charge is 2.10. The van der Waals surface area contributed by atoms with Gasteiger partial charge >= 0.3 is 0 Å². The van der Waals surface area contributed by atoms with E-state index >= 15 is 0 Å². The number of nitrogens with zero attached hydrogens (tertiary/aromatic N) is 1. The van der Waals surface area contributed by atoms with Gasteiger partial charge in [0.15, 0.2) is 0 Å². The highest BCUT2D eigenvalue weighted by molar-refractivity contribution is 6.35. The first-order chi connectivity index (χ1) is 10.2. The Morgan fingerprint density at radius 1 is 1.00 bits per heavy atom. The topological polar surface area (TPSA) is 42.4 Å². The minimum Gasteiger partial charge on any atom is -0.437 e. The van der Waals surface area contributed by atoms with Crippen molar-refractivity contribution < 1.29 is 9.84 Å². The van der Waals surface area contributed by atoms with Crippen LogP contribution in [0.1, 0.15) is 5.56 Å². The van der Waals surface area contributed by atoms with Crippen molar-refractivity contribution >= 4 is 34.0 Å². The van der Waals surface area contributed by atoms with Crippen LogP contribution in [0, 0.1) is 0 Å². The monoisotopic (exact) mass is 319 g/mol. The number of hydrogen-bond acceptors (Lipinski definition) is 3. The Morgan fingerprint density at radius 2 is 1.76 bits per heavy atom. The van der Waals surface area contributed by atoms with Gasteiger partial charge < -0.3 is 9.84 Å². The fraction of sp³-hybridized carbons (Fsp3) is 0.0625. The lowest BCUT2D eigenvalue weighted by Gasteiger charge is -2.10. The molecule has 1 heterocycles. The Labute approximate surface area is 131 Å². The van der Waals surface area contributed by atoms with Gasteiger partial charge in [-0.3, -0.25) is 0 Å². The zero-order valence-corrected chi connectivity index (χ0v) is 12.4. The number of benzene rings is 2. The van der Waals surface area contributed by atoms with E-state index in [-0.39, 0.29) is 6.61 Å². The van der Waals surface area contributed by atoms with Gasteiger partial charge in [-0.1, -0.05) is 47.5 Å². The minimum absolute atomic E-state index is 0.114. The second kappa shape index (κ2) is 5.90. The molecule has 0 aliphatic rings. The lowest BCUT2D eigenvalue weighted by atomic mass is 10.1. The van der Waals surface area contributed by atoms with Crippen LogP contribution in [0.15, 0.2) is 48.7 Å². The molecule has 0 fully saturated rings. The van der Waals surface area contributed by atoms with Gasteiger partial charge in [0.2, 0.25) is 5.88 Å². The molecule has 0 unspecified atom stereocenters. The number of ether oxygens (including phenoxy) is 1. The standard InChI is InChI=1S/C16H11Cl2NO2/c17-13-5-6-15(12-4-2-1-3-11(12)13)21-16-14(18)7-10(9-20)8-19-16/h1-8,20H,9H2. The fourth-order valence-corrected chi connectivity index (χ4v) is 2.51. The highest BCUT2D eigenvalue weighted by atomic mass is 35.5. The van der Waals surface area contributed by atoms with E-state index in [1.807, 2.05) is 24.3 Å². The van der Waals surface area contributed by atoms with Gasteiger partial charge in [0.25, 0.3) is 0 Å². The van der Waals surface area contributed by atoms with Crippen LogP contribution < -0.4 is 4.74 Å².